The molecular formula is C10H16IN5O. The monoisotopic (exact) mass is 349 g/mol. The smallest absolute Gasteiger partial charge is 0.266 e. The second kappa shape index (κ2) is 5.32. The lowest BCUT2D eigenvalue weighted by atomic mass is 10.1. The first-order chi connectivity index (χ1) is 8.13. The molecule has 7 heteroatoms. The summed E-state index contributed by atoms with van der Waals surface area (Å²) in [4.78, 5) is 22.8. The van der Waals surface area contributed by atoms with Gasteiger partial charge in [-0.25, -0.2) is 4.98 Å². The molecule has 0 amide bonds. The molecule has 1 aromatic heterocycles. The highest BCUT2D eigenvalue weighted by Crippen LogP contribution is 2.20. The maximum Gasteiger partial charge on any atom is 0.266 e. The van der Waals surface area contributed by atoms with Crippen LogP contribution in [0.4, 0.5) is 5.82 Å². The first-order valence-corrected chi connectivity index (χ1v) is 6.59. The van der Waals surface area contributed by atoms with E-state index in [4.69, 9.17) is 5.73 Å². The van der Waals surface area contributed by atoms with E-state index in [1.54, 1.807) is 0 Å². The summed E-state index contributed by atoms with van der Waals surface area (Å²) < 4.78 is 0.633. The van der Waals surface area contributed by atoms with Crippen molar-refractivity contribution >= 4 is 28.4 Å². The number of piperazine rings is 1. The maximum atomic E-state index is 11.6. The lowest BCUT2D eigenvalue weighted by molar-refractivity contribution is 0.268. The Morgan fingerprint density at radius 3 is 3.12 bits per heavy atom. The van der Waals surface area contributed by atoms with Gasteiger partial charge in [-0.3, -0.25) is 4.79 Å². The fraction of sp³-hybridized carbons (Fsp3) is 0.600. The van der Waals surface area contributed by atoms with Crippen LogP contribution in [0.15, 0.2) is 11.1 Å². The van der Waals surface area contributed by atoms with Crippen LogP contribution in [-0.4, -0.2) is 54.1 Å². The van der Waals surface area contributed by atoms with Gasteiger partial charge >= 0.3 is 0 Å². The van der Waals surface area contributed by atoms with E-state index in [9.17, 15) is 4.79 Å². The second-order valence-corrected chi connectivity index (χ2v) is 5.29. The fourth-order valence-corrected chi connectivity index (χ4v) is 2.67. The topological polar surface area (TPSA) is 78.2 Å². The number of nitrogens with one attached hydrogen (secondary N) is 1. The SMILES string of the molecule is CN1CCN(c2nc[nH]c(=O)c2I)C(CN)C1. The molecule has 0 bridgehead atoms. The molecule has 3 N–H and O–H groups in total. The predicted octanol–water partition coefficient (Wildman–Crippen LogP) is -0.546. The van der Waals surface area contributed by atoms with Gasteiger partial charge in [-0.05, 0) is 29.6 Å². The van der Waals surface area contributed by atoms with Crippen LogP contribution in [0, 0.1) is 3.57 Å². The fourth-order valence-electron chi connectivity index (χ4n) is 2.07. The van der Waals surface area contributed by atoms with Crippen molar-refractivity contribution in [3.63, 3.8) is 0 Å². The minimum Gasteiger partial charge on any atom is -0.349 e. The molecule has 94 valence electrons. The normalized spacial score (nSPS) is 21.8. The van der Waals surface area contributed by atoms with Crippen LogP contribution in [0.25, 0.3) is 0 Å². The predicted molar refractivity (Wildman–Crippen MR) is 75.3 cm³/mol. The van der Waals surface area contributed by atoms with Crippen LogP contribution in [0.5, 0.6) is 0 Å². The number of nitrogens with zero attached hydrogens (tertiary/aromatic N) is 3. The molecule has 2 heterocycles. The van der Waals surface area contributed by atoms with Crippen molar-refractivity contribution in [1.82, 2.24) is 14.9 Å². The standard InChI is InChI=1S/C10H16IN5O/c1-15-2-3-16(7(4-12)5-15)9-8(11)10(17)14-6-13-9/h6-7H,2-5,12H2,1H3,(H,13,14,17). The summed E-state index contributed by atoms with van der Waals surface area (Å²) in [6.07, 6.45) is 1.45. The Balaban J connectivity index is 2.32. The van der Waals surface area contributed by atoms with Crippen LogP contribution >= 0.6 is 22.6 Å². The number of halogens is 1. The van der Waals surface area contributed by atoms with Crippen LogP contribution < -0.4 is 16.2 Å². The van der Waals surface area contributed by atoms with Gasteiger partial charge in [0, 0.05) is 26.2 Å². The average molecular weight is 349 g/mol. The van der Waals surface area contributed by atoms with E-state index in [0.29, 0.717) is 10.1 Å². The van der Waals surface area contributed by atoms with Crippen LogP contribution in [0.2, 0.25) is 0 Å². The van der Waals surface area contributed by atoms with Crippen molar-refractivity contribution in [2.45, 2.75) is 6.04 Å². The number of aromatic nitrogens is 2. The molecule has 1 aliphatic heterocycles. The summed E-state index contributed by atoms with van der Waals surface area (Å²) in [5, 5.41) is 0. The van der Waals surface area contributed by atoms with Crippen molar-refractivity contribution in [3.05, 3.63) is 20.3 Å². The molecular weight excluding hydrogens is 333 g/mol. The third-order valence-electron chi connectivity index (χ3n) is 3.01. The van der Waals surface area contributed by atoms with Gasteiger partial charge in [0.2, 0.25) is 0 Å². The van der Waals surface area contributed by atoms with Gasteiger partial charge in [0.15, 0.2) is 0 Å². The minimum absolute atomic E-state index is 0.0923. The molecule has 0 aliphatic carbocycles. The van der Waals surface area contributed by atoms with Gasteiger partial charge in [0.1, 0.15) is 9.39 Å². The summed E-state index contributed by atoms with van der Waals surface area (Å²) in [6.45, 7) is 3.28. The van der Waals surface area contributed by atoms with Gasteiger partial charge in [-0.2, -0.15) is 0 Å². The summed E-state index contributed by atoms with van der Waals surface area (Å²) >= 11 is 2.04. The highest BCUT2D eigenvalue weighted by atomic mass is 127. The van der Waals surface area contributed by atoms with E-state index in [-0.39, 0.29) is 11.6 Å². The number of anilines is 1. The van der Waals surface area contributed by atoms with Gasteiger partial charge < -0.3 is 20.5 Å². The summed E-state index contributed by atoms with van der Waals surface area (Å²) in [7, 11) is 2.08. The summed E-state index contributed by atoms with van der Waals surface area (Å²) in [5.74, 6) is 0.748. The first-order valence-electron chi connectivity index (χ1n) is 5.52. The molecule has 2 rings (SSSR count). The molecule has 0 spiro atoms. The lowest BCUT2D eigenvalue weighted by Gasteiger charge is -2.40. The average Bonchev–Trinajstić information content (AvgIpc) is 2.33. The first kappa shape index (κ1) is 12.8. The quantitative estimate of drug-likeness (QED) is 0.701. The number of aromatic amines is 1. The molecule has 1 saturated heterocycles. The van der Waals surface area contributed by atoms with Gasteiger partial charge in [-0.15, -0.1) is 0 Å². The Morgan fingerprint density at radius 1 is 1.65 bits per heavy atom. The van der Waals surface area contributed by atoms with E-state index < -0.39 is 0 Å². The molecule has 6 nitrogen and oxygen atoms in total. The summed E-state index contributed by atoms with van der Waals surface area (Å²) in [5.41, 5.74) is 5.70. The van der Waals surface area contributed by atoms with Crippen molar-refractivity contribution in [1.29, 1.82) is 0 Å². The van der Waals surface area contributed by atoms with E-state index >= 15 is 0 Å². The Labute approximate surface area is 113 Å². The van der Waals surface area contributed by atoms with Crippen molar-refractivity contribution in [2.24, 2.45) is 5.73 Å². The maximum absolute atomic E-state index is 11.6. The number of hydrogen-bond donors (Lipinski definition) is 2. The number of rotatable bonds is 2. The highest BCUT2D eigenvalue weighted by molar-refractivity contribution is 14.1. The Kier molecular flexibility index (Phi) is 4.00. The highest BCUT2D eigenvalue weighted by Gasteiger charge is 2.27. The molecule has 1 atom stereocenters. The van der Waals surface area contributed by atoms with E-state index in [2.05, 4.69) is 26.8 Å². The Morgan fingerprint density at radius 2 is 2.41 bits per heavy atom. The Hall–Kier alpha value is -0.670. The zero-order valence-corrected chi connectivity index (χ0v) is 11.8. The van der Waals surface area contributed by atoms with Crippen molar-refractivity contribution < 1.29 is 0 Å². The number of likely N-dealkylation sites (N-methyl/N-ethyl adjacent to an activating group) is 1. The third-order valence-corrected chi connectivity index (χ3v) is 3.98. The molecule has 17 heavy (non-hydrogen) atoms. The van der Waals surface area contributed by atoms with Gasteiger partial charge in [-0.1, -0.05) is 0 Å². The van der Waals surface area contributed by atoms with E-state index in [1.807, 2.05) is 22.6 Å². The zero-order valence-electron chi connectivity index (χ0n) is 9.69. The van der Waals surface area contributed by atoms with Crippen LogP contribution in [0.3, 0.4) is 0 Å². The molecule has 0 aromatic carbocycles. The number of hydrogen-bond acceptors (Lipinski definition) is 5. The van der Waals surface area contributed by atoms with Gasteiger partial charge in [0.25, 0.3) is 5.56 Å². The third kappa shape index (κ3) is 2.61. The van der Waals surface area contributed by atoms with E-state index in [0.717, 1.165) is 25.5 Å². The second-order valence-electron chi connectivity index (χ2n) is 4.21. The van der Waals surface area contributed by atoms with Crippen molar-refractivity contribution in [3.8, 4) is 0 Å². The molecule has 1 aromatic rings. The van der Waals surface area contributed by atoms with Gasteiger partial charge in [0.05, 0.1) is 12.4 Å². The Bertz CT molecular complexity index is 449. The van der Waals surface area contributed by atoms with E-state index in [1.165, 1.54) is 6.33 Å². The summed E-state index contributed by atoms with van der Waals surface area (Å²) in [6, 6.07) is 0.219. The van der Waals surface area contributed by atoms with Crippen LogP contribution in [-0.2, 0) is 0 Å². The number of H-pyrrole nitrogens is 1. The lowest BCUT2D eigenvalue weighted by Crippen LogP contribution is -2.55. The minimum atomic E-state index is -0.0923. The molecule has 0 radical (unpaired) electrons. The molecule has 0 saturated carbocycles. The number of nitrogens with two attached hydrogens (primary N) is 1. The molecule has 1 unspecified atom stereocenters. The zero-order chi connectivity index (χ0) is 12.4. The van der Waals surface area contributed by atoms with Crippen LogP contribution in [0.1, 0.15) is 0 Å². The largest absolute Gasteiger partial charge is 0.349 e. The molecule has 1 fully saturated rings. The molecule has 1 aliphatic rings. The van der Waals surface area contributed by atoms with Crippen molar-refractivity contribution in [2.75, 3.05) is 38.1 Å².